The van der Waals surface area contributed by atoms with Crippen LogP contribution in [0.5, 0.6) is 5.75 Å². The van der Waals surface area contributed by atoms with Gasteiger partial charge in [0.1, 0.15) is 23.7 Å². The molecule has 4 heterocycles. The van der Waals surface area contributed by atoms with E-state index in [0.29, 0.717) is 39.4 Å². The Morgan fingerprint density at radius 1 is 1.10 bits per heavy atom. The molecule has 0 saturated heterocycles. The molecule has 30 heavy (non-hydrogen) atoms. The Bertz CT molecular complexity index is 1420. The zero-order chi connectivity index (χ0) is 21.0. The Labute approximate surface area is 171 Å². The van der Waals surface area contributed by atoms with Crippen LogP contribution in [-0.2, 0) is 0 Å². The third-order valence-corrected chi connectivity index (χ3v) is 5.26. The number of hydrogen-bond donors (Lipinski definition) is 2. The summed E-state index contributed by atoms with van der Waals surface area (Å²) in [6.07, 6.45) is 4.78. The number of aromatic hydroxyl groups is 1. The summed E-state index contributed by atoms with van der Waals surface area (Å²) in [5.74, 6) is 1.50. The highest BCUT2D eigenvalue weighted by Crippen LogP contribution is 2.40. The lowest BCUT2D eigenvalue weighted by Crippen LogP contribution is -2.10. The molecule has 5 rings (SSSR count). The van der Waals surface area contributed by atoms with Crippen molar-refractivity contribution in [2.45, 2.75) is 20.8 Å². The minimum Gasteiger partial charge on any atom is -0.508 e. The fourth-order valence-corrected chi connectivity index (χ4v) is 3.86. The van der Waals surface area contributed by atoms with Gasteiger partial charge in [-0.2, -0.15) is 0 Å². The molecule has 3 aromatic heterocycles. The predicted octanol–water partition coefficient (Wildman–Crippen LogP) is 3.64. The van der Waals surface area contributed by atoms with E-state index in [-0.39, 0.29) is 11.3 Å². The van der Waals surface area contributed by atoms with Crippen LogP contribution >= 0.6 is 0 Å². The van der Waals surface area contributed by atoms with Crippen molar-refractivity contribution >= 4 is 28.1 Å². The fraction of sp³-hybridized carbons (Fsp3) is 0.136. The van der Waals surface area contributed by atoms with Crippen LogP contribution in [0.3, 0.4) is 0 Å². The van der Waals surface area contributed by atoms with Crippen molar-refractivity contribution in [3.63, 3.8) is 0 Å². The lowest BCUT2D eigenvalue weighted by Gasteiger charge is -2.17. The number of benzene rings is 1. The van der Waals surface area contributed by atoms with Crippen LogP contribution < -0.4 is 10.9 Å². The smallest absolute Gasteiger partial charge is 0.279 e. The van der Waals surface area contributed by atoms with E-state index in [1.54, 1.807) is 30.6 Å². The summed E-state index contributed by atoms with van der Waals surface area (Å²) in [6.45, 7) is 5.66. The third-order valence-electron chi connectivity index (χ3n) is 5.26. The van der Waals surface area contributed by atoms with Gasteiger partial charge in [-0.15, -0.1) is 0 Å². The van der Waals surface area contributed by atoms with Crippen LogP contribution in [0.2, 0.25) is 0 Å². The van der Waals surface area contributed by atoms with Crippen molar-refractivity contribution in [3.05, 3.63) is 64.5 Å². The predicted molar refractivity (Wildman–Crippen MR) is 116 cm³/mol. The van der Waals surface area contributed by atoms with Crippen LogP contribution in [0.4, 0.5) is 11.5 Å². The van der Waals surface area contributed by atoms with E-state index in [9.17, 15) is 9.90 Å². The highest BCUT2D eigenvalue weighted by Gasteiger charge is 2.23. The second-order valence-corrected chi connectivity index (χ2v) is 7.26. The molecule has 148 valence electrons. The second kappa shape index (κ2) is 6.48. The molecule has 0 atom stereocenters. The van der Waals surface area contributed by atoms with E-state index in [1.807, 2.05) is 31.4 Å². The molecule has 0 fully saturated rings. The summed E-state index contributed by atoms with van der Waals surface area (Å²) < 4.78 is 1.86. The average Bonchev–Trinajstić information content (AvgIpc) is 3.03. The van der Waals surface area contributed by atoms with Crippen molar-refractivity contribution < 1.29 is 5.11 Å². The van der Waals surface area contributed by atoms with E-state index in [0.717, 1.165) is 16.9 Å². The van der Waals surface area contributed by atoms with Crippen LogP contribution in [-0.4, -0.2) is 30.5 Å². The molecule has 4 aromatic rings. The van der Waals surface area contributed by atoms with Gasteiger partial charge in [0.25, 0.3) is 5.56 Å². The molecule has 8 heteroatoms. The number of nitrogens with one attached hydrogen (secondary N) is 1. The Kier molecular flexibility index (Phi) is 3.89. The lowest BCUT2D eigenvalue weighted by atomic mass is 10.1. The number of aromatic nitrogens is 4. The number of rotatable bonds is 2. The molecule has 0 unspecified atom stereocenters. The summed E-state index contributed by atoms with van der Waals surface area (Å²) >= 11 is 0. The molecule has 2 N–H and O–H groups in total. The topological polar surface area (TPSA) is 105 Å². The number of anilines is 1. The monoisotopic (exact) mass is 398 g/mol. The van der Waals surface area contributed by atoms with E-state index in [4.69, 9.17) is 0 Å². The number of aliphatic imine (C=N–C) groups is 1. The van der Waals surface area contributed by atoms with Gasteiger partial charge in [0.15, 0.2) is 0 Å². The Morgan fingerprint density at radius 3 is 2.70 bits per heavy atom. The maximum Gasteiger partial charge on any atom is 0.279 e. The normalized spacial score (nSPS) is 12.6. The quantitative estimate of drug-likeness (QED) is 0.534. The van der Waals surface area contributed by atoms with Crippen molar-refractivity contribution in [3.8, 4) is 22.8 Å². The minimum absolute atomic E-state index is 0.187. The summed E-state index contributed by atoms with van der Waals surface area (Å²) in [7, 11) is 0. The summed E-state index contributed by atoms with van der Waals surface area (Å²) in [6, 6.07) is 7.03. The number of phenolic OH excluding ortho intramolecular Hbond substituents is 1. The molecular weight excluding hydrogens is 380 g/mol. The summed E-state index contributed by atoms with van der Waals surface area (Å²) in [5, 5.41) is 14.6. The number of aryl methyl sites for hydroxylation is 1. The first kappa shape index (κ1) is 18.0. The molecule has 0 spiro atoms. The van der Waals surface area contributed by atoms with Crippen LogP contribution in [0.25, 0.3) is 27.8 Å². The van der Waals surface area contributed by atoms with Crippen molar-refractivity contribution in [1.82, 2.24) is 19.5 Å². The number of amidine groups is 1. The van der Waals surface area contributed by atoms with Crippen molar-refractivity contribution in [1.29, 1.82) is 0 Å². The summed E-state index contributed by atoms with van der Waals surface area (Å²) in [5.41, 5.74) is 3.84. The molecule has 0 aliphatic carbocycles. The first-order chi connectivity index (χ1) is 14.4. The zero-order valence-electron chi connectivity index (χ0n) is 16.6. The van der Waals surface area contributed by atoms with Crippen LogP contribution in [0.15, 0.2) is 52.8 Å². The van der Waals surface area contributed by atoms with E-state index >= 15 is 0 Å². The SMILES string of the molecule is CC1=Nc2c3c(cc(-c4ccncn4)nc(=O)c3cn2-c2c(C)ccc(O)c2C)N1. The first-order valence-electron chi connectivity index (χ1n) is 9.42. The van der Waals surface area contributed by atoms with Crippen LogP contribution in [0, 0.1) is 13.8 Å². The Morgan fingerprint density at radius 2 is 1.93 bits per heavy atom. The van der Waals surface area contributed by atoms with Crippen LogP contribution in [0.1, 0.15) is 18.1 Å². The maximum absolute atomic E-state index is 13.1. The van der Waals surface area contributed by atoms with Gasteiger partial charge in [-0.1, -0.05) is 6.07 Å². The average molecular weight is 398 g/mol. The van der Waals surface area contributed by atoms with E-state index in [1.165, 1.54) is 6.33 Å². The van der Waals surface area contributed by atoms with Gasteiger partial charge >= 0.3 is 0 Å². The molecule has 0 saturated carbocycles. The van der Waals surface area contributed by atoms with Gasteiger partial charge in [-0.25, -0.2) is 19.9 Å². The largest absolute Gasteiger partial charge is 0.508 e. The summed E-state index contributed by atoms with van der Waals surface area (Å²) in [4.78, 5) is 30.2. The maximum atomic E-state index is 13.1. The molecule has 8 nitrogen and oxygen atoms in total. The van der Waals surface area contributed by atoms with Crippen molar-refractivity contribution in [2.24, 2.45) is 4.99 Å². The number of hydrogen-bond acceptors (Lipinski definition) is 7. The zero-order valence-corrected chi connectivity index (χ0v) is 16.6. The van der Waals surface area contributed by atoms with Gasteiger partial charge in [-0.3, -0.25) is 9.36 Å². The molecule has 1 aromatic carbocycles. The highest BCUT2D eigenvalue weighted by molar-refractivity contribution is 6.13. The third kappa shape index (κ3) is 2.65. The van der Waals surface area contributed by atoms with Gasteiger partial charge in [0, 0.05) is 18.0 Å². The molecule has 0 radical (unpaired) electrons. The molecular formula is C22H18N6O2. The minimum atomic E-state index is -0.378. The Hall–Kier alpha value is -4.07. The fourth-order valence-electron chi connectivity index (χ4n) is 3.86. The van der Waals surface area contributed by atoms with E-state index < -0.39 is 0 Å². The van der Waals surface area contributed by atoms with Gasteiger partial charge < -0.3 is 10.4 Å². The first-order valence-corrected chi connectivity index (χ1v) is 9.42. The van der Waals surface area contributed by atoms with Gasteiger partial charge in [-0.05, 0) is 44.5 Å². The second-order valence-electron chi connectivity index (χ2n) is 7.26. The Balaban J connectivity index is 1.89. The highest BCUT2D eigenvalue weighted by atomic mass is 16.3. The number of phenols is 1. The van der Waals surface area contributed by atoms with Crippen molar-refractivity contribution in [2.75, 3.05) is 5.32 Å². The standard InChI is InChI=1S/C22H18N6O2/c1-11-4-5-18(29)12(2)20(11)28-9-14-19-17(25-13(3)26-21(19)28)8-16(27-22(14)30)15-6-7-23-10-24-15/h4-10,29H,1-3H3,(H,25,26). The molecule has 1 aliphatic rings. The van der Waals surface area contributed by atoms with Gasteiger partial charge in [0.05, 0.1) is 33.5 Å². The number of nitrogens with zero attached hydrogens (tertiary/aromatic N) is 5. The molecule has 0 bridgehead atoms. The lowest BCUT2D eigenvalue weighted by molar-refractivity contribution is 0.470. The molecule has 0 amide bonds. The van der Waals surface area contributed by atoms with Gasteiger partial charge in [0.2, 0.25) is 0 Å². The molecule has 1 aliphatic heterocycles. The van der Waals surface area contributed by atoms with E-state index in [2.05, 4.69) is 25.3 Å².